The summed E-state index contributed by atoms with van der Waals surface area (Å²) >= 11 is 0. The molecule has 1 aliphatic heterocycles. The molecule has 1 amide bonds. The lowest BCUT2D eigenvalue weighted by Gasteiger charge is -2.22. The molecular formula is C18H19N3O3. The Labute approximate surface area is 140 Å². The molecule has 0 bridgehead atoms. The summed E-state index contributed by atoms with van der Waals surface area (Å²) < 4.78 is 0. The van der Waals surface area contributed by atoms with E-state index in [0.29, 0.717) is 30.8 Å². The molecule has 2 heterocycles. The number of carboxylic acid groups (broad SMARTS) is 1. The van der Waals surface area contributed by atoms with Crippen molar-refractivity contribution in [2.24, 2.45) is 0 Å². The van der Waals surface area contributed by atoms with Crippen LogP contribution in [0.25, 0.3) is 0 Å². The Morgan fingerprint density at radius 2 is 1.96 bits per heavy atom. The Kier molecular flexibility index (Phi) is 4.46. The minimum atomic E-state index is -0.950. The van der Waals surface area contributed by atoms with Crippen molar-refractivity contribution in [3.05, 3.63) is 54.2 Å². The van der Waals surface area contributed by atoms with E-state index in [0.717, 1.165) is 5.69 Å². The highest BCUT2D eigenvalue weighted by Crippen LogP contribution is 2.23. The third kappa shape index (κ3) is 3.08. The zero-order valence-electron chi connectivity index (χ0n) is 13.4. The summed E-state index contributed by atoms with van der Waals surface area (Å²) in [4.78, 5) is 31.4. The molecule has 1 aliphatic rings. The molecule has 1 saturated heterocycles. The largest absolute Gasteiger partial charge is 0.480 e. The van der Waals surface area contributed by atoms with Crippen LogP contribution in [0, 0.1) is 0 Å². The minimum absolute atomic E-state index is 0.277. The van der Waals surface area contributed by atoms with Crippen molar-refractivity contribution >= 4 is 23.4 Å². The van der Waals surface area contributed by atoms with Gasteiger partial charge in [-0.3, -0.25) is 4.79 Å². The number of para-hydroxylation sites is 1. The van der Waals surface area contributed by atoms with Crippen LogP contribution in [0.3, 0.4) is 0 Å². The third-order valence-electron chi connectivity index (χ3n) is 4.28. The molecule has 6 nitrogen and oxygen atoms in total. The van der Waals surface area contributed by atoms with Gasteiger partial charge in [0.1, 0.15) is 11.9 Å². The monoisotopic (exact) mass is 325 g/mol. The molecule has 0 saturated carbocycles. The van der Waals surface area contributed by atoms with Gasteiger partial charge < -0.3 is 14.9 Å². The number of amides is 1. The summed E-state index contributed by atoms with van der Waals surface area (Å²) in [7, 11) is 1.90. The number of hydrogen-bond acceptors (Lipinski definition) is 4. The van der Waals surface area contributed by atoms with Gasteiger partial charge in [-0.1, -0.05) is 18.2 Å². The van der Waals surface area contributed by atoms with E-state index >= 15 is 0 Å². The number of rotatable bonds is 4. The Morgan fingerprint density at radius 3 is 2.58 bits per heavy atom. The summed E-state index contributed by atoms with van der Waals surface area (Å²) in [6.07, 6.45) is 2.72. The smallest absolute Gasteiger partial charge is 0.326 e. The lowest BCUT2D eigenvalue weighted by Crippen LogP contribution is -2.40. The van der Waals surface area contributed by atoms with Gasteiger partial charge in [0.2, 0.25) is 0 Å². The van der Waals surface area contributed by atoms with Crippen LogP contribution >= 0.6 is 0 Å². The van der Waals surface area contributed by atoms with Gasteiger partial charge in [0.25, 0.3) is 5.91 Å². The lowest BCUT2D eigenvalue weighted by atomic mass is 10.2. The Hall–Kier alpha value is -2.89. The van der Waals surface area contributed by atoms with E-state index in [1.54, 1.807) is 12.1 Å². The first-order chi connectivity index (χ1) is 11.6. The van der Waals surface area contributed by atoms with Gasteiger partial charge in [-0.05, 0) is 37.1 Å². The Morgan fingerprint density at radius 1 is 1.21 bits per heavy atom. The first-order valence-corrected chi connectivity index (χ1v) is 7.86. The topological polar surface area (TPSA) is 73.7 Å². The molecule has 0 aliphatic carbocycles. The number of pyridine rings is 1. The van der Waals surface area contributed by atoms with Crippen molar-refractivity contribution in [1.29, 1.82) is 0 Å². The van der Waals surface area contributed by atoms with Crippen molar-refractivity contribution in [2.45, 2.75) is 18.9 Å². The zero-order chi connectivity index (χ0) is 17.1. The highest BCUT2D eigenvalue weighted by Gasteiger charge is 2.34. The molecule has 1 atom stereocenters. The number of hydrogen-bond donors (Lipinski definition) is 1. The van der Waals surface area contributed by atoms with Gasteiger partial charge in [-0.2, -0.15) is 0 Å². The van der Waals surface area contributed by atoms with Crippen LogP contribution in [0.2, 0.25) is 0 Å². The molecule has 1 N–H and O–H groups in total. The van der Waals surface area contributed by atoms with Crippen LogP contribution < -0.4 is 4.90 Å². The van der Waals surface area contributed by atoms with Crippen molar-refractivity contribution in [3.8, 4) is 0 Å². The second-order valence-corrected chi connectivity index (χ2v) is 5.79. The molecule has 0 unspecified atom stereocenters. The maximum atomic E-state index is 12.5. The quantitative estimate of drug-likeness (QED) is 0.935. The van der Waals surface area contributed by atoms with E-state index in [-0.39, 0.29) is 5.91 Å². The number of aromatic nitrogens is 1. The van der Waals surface area contributed by atoms with Gasteiger partial charge in [-0.15, -0.1) is 0 Å². The number of anilines is 2. The van der Waals surface area contributed by atoms with Gasteiger partial charge in [-0.25, -0.2) is 9.78 Å². The Bertz CT molecular complexity index is 731. The van der Waals surface area contributed by atoms with Gasteiger partial charge in [0.15, 0.2) is 0 Å². The summed E-state index contributed by atoms with van der Waals surface area (Å²) in [6, 6.07) is 12.5. The molecular weight excluding hydrogens is 306 g/mol. The van der Waals surface area contributed by atoms with Crippen LogP contribution in [0.1, 0.15) is 23.2 Å². The van der Waals surface area contributed by atoms with E-state index in [4.69, 9.17) is 0 Å². The maximum absolute atomic E-state index is 12.5. The molecule has 1 fully saturated rings. The second kappa shape index (κ2) is 6.70. The molecule has 24 heavy (non-hydrogen) atoms. The number of carbonyl (C=O) groups is 2. The van der Waals surface area contributed by atoms with Crippen LogP contribution in [-0.4, -0.2) is 46.5 Å². The minimum Gasteiger partial charge on any atom is -0.480 e. The first kappa shape index (κ1) is 16.0. The fraction of sp³-hybridized carbons (Fsp3) is 0.278. The molecule has 3 rings (SSSR count). The average molecular weight is 325 g/mol. The SMILES string of the molecule is CN(c1ccccc1)c1ccc(C(=O)N2CCC[C@@H]2C(=O)O)cn1. The summed E-state index contributed by atoms with van der Waals surface area (Å²) in [5.41, 5.74) is 1.41. The van der Waals surface area contributed by atoms with E-state index in [9.17, 15) is 14.7 Å². The van der Waals surface area contributed by atoms with E-state index < -0.39 is 12.0 Å². The normalized spacial score (nSPS) is 16.9. The number of benzene rings is 1. The standard InChI is InChI=1S/C18H19N3O3/c1-20(14-6-3-2-4-7-14)16-10-9-13(12-19-16)17(22)21-11-5-8-15(21)18(23)24/h2-4,6-7,9-10,12,15H,5,8,11H2,1H3,(H,23,24)/t15-/m1/s1. The van der Waals surface area contributed by atoms with Crippen LogP contribution in [0.5, 0.6) is 0 Å². The summed E-state index contributed by atoms with van der Waals surface area (Å²) in [5, 5.41) is 9.21. The van der Waals surface area contributed by atoms with E-state index in [1.807, 2.05) is 42.3 Å². The van der Waals surface area contributed by atoms with Crippen LogP contribution in [0.15, 0.2) is 48.7 Å². The number of carbonyl (C=O) groups excluding carboxylic acids is 1. The number of aliphatic carboxylic acids is 1. The maximum Gasteiger partial charge on any atom is 0.326 e. The van der Waals surface area contributed by atoms with E-state index in [1.165, 1.54) is 11.1 Å². The molecule has 0 radical (unpaired) electrons. The second-order valence-electron chi connectivity index (χ2n) is 5.79. The van der Waals surface area contributed by atoms with Crippen LogP contribution in [0.4, 0.5) is 11.5 Å². The molecule has 124 valence electrons. The fourth-order valence-corrected chi connectivity index (χ4v) is 2.93. The van der Waals surface area contributed by atoms with Crippen molar-refractivity contribution in [3.63, 3.8) is 0 Å². The van der Waals surface area contributed by atoms with Crippen LogP contribution in [-0.2, 0) is 4.79 Å². The zero-order valence-corrected chi connectivity index (χ0v) is 13.4. The third-order valence-corrected chi connectivity index (χ3v) is 4.28. The van der Waals surface area contributed by atoms with Gasteiger partial charge in [0, 0.05) is 25.5 Å². The fourth-order valence-electron chi connectivity index (χ4n) is 2.93. The van der Waals surface area contributed by atoms with Crippen molar-refractivity contribution in [2.75, 3.05) is 18.5 Å². The predicted octanol–water partition coefficient (Wildman–Crippen LogP) is 2.54. The van der Waals surface area contributed by atoms with Gasteiger partial charge >= 0.3 is 5.97 Å². The van der Waals surface area contributed by atoms with Gasteiger partial charge in [0.05, 0.1) is 5.56 Å². The summed E-state index contributed by atoms with van der Waals surface area (Å²) in [6.45, 7) is 0.474. The molecule has 6 heteroatoms. The highest BCUT2D eigenvalue weighted by molar-refractivity contribution is 5.96. The number of carboxylic acids is 1. The average Bonchev–Trinajstić information content (AvgIpc) is 3.11. The van der Waals surface area contributed by atoms with Crippen molar-refractivity contribution < 1.29 is 14.7 Å². The first-order valence-electron chi connectivity index (χ1n) is 7.86. The summed E-state index contributed by atoms with van der Waals surface area (Å²) in [5.74, 6) is -0.510. The Balaban J connectivity index is 1.77. The highest BCUT2D eigenvalue weighted by atomic mass is 16.4. The number of nitrogens with zero attached hydrogens (tertiary/aromatic N) is 3. The lowest BCUT2D eigenvalue weighted by molar-refractivity contribution is -0.141. The molecule has 1 aromatic carbocycles. The molecule has 1 aromatic heterocycles. The molecule has 2 aromatic rings. The van der Waals surface area contributed by atoms with Crippen molar-refractivity contribution in [1.82, 2.24) is 9.88 Å². The predicted molar refractivity (Wildman–Crippen MR) is 90.4 cm³/mol. The number of likely N-dealkylation sites (tertiary alicyclic amines) is 1. The molecule has 0 spiro atoms. The van der Waals surface area contributed by atoms with E-state index in [2.05, 4.69) is 4.98 Å².